The van der Waals surface area contributed by atoms with Crippen molar-refractivity contribution in [1.82, 2.24) is 19.4 Å². The van der Waals surface area contributed by atoms with Gasteiger partial charge in [-0.3, -0.25) is 4.79 Å². The molecule has 4 aromatic rings. The van der Waals surface area contributed by atoms with Gasteiger partial charge in [-0.25, -0.2) is 4.98 Å². The number of carbonyl (C=O) groups is 1. The molecule has 0 N–H and O–H groups in total. The van der Waals surface area contributed by atoms with E-state index in [-0.39, 0.29) is 25.0 Å². The van der Waals surface area contributed by atoms with Gasteiger partial charge in [-0.1, -0.05) is 42.5 Å². The Labute approximate surface area is 291 Å². The van der Waals surface area contributed by atoms with Crippen LogP contribution in [0.4, 0.5) is 19.1 Å². The summed E-state index contributed by atoms with van der Waals surface area (Å²) in [7, 11) is 6.39. The molecule has 0 bridgehead atoms. The highest BCUT2D eigenvalue weighted by atomic mass is 19.4. The molecule has 0 radical (unpaired) electrons. The van der Waals surface area contributed by atoms with Crippen LogP contribution in [0.2, 0.25) is 0 Å². The van der Waals surface area contributed by atoms with Crippen LogP contribution in [0, 0.1) is 0 Å². The number of anilines is 1. The van der Waals surface area contributed by atoms with E-state index in [1.54, 1.807) is 17.0 Å². The first kappa shape index (κ1) is 36.8. The summed E-state index contributed by atoms with van der Waals surface area (Å²) in [6, 6.07) is 21.3. The Morgan fingerprint density at radius 2 is 1.60 bits per heavy atom. The van der Waals surface area contributed by atoms with Crippen LogP contribution in [0.3, 0.4) is 0 Å². The number of para-hydroxylation sites is 2. The van der Waals surface area contributed by atoms with Crippen LogP contribution < -0.4 is 19.1 Å². The van der Waals surface area contributed by atoms with Gasteiger partial charge in [0.25, 0.3) is 5.91 Å². The van der Waals surface area contributed by atoms with E-state index in [9.17, 15) is 18.0 Å². The maximum atomic E-state index is 13.7. The van der Waals surface area contributed by atoms with Crippen molar-refractivity contribution in [2.45, 2.75) is 31.5 Å². The number of rotatable bonds is 15. The fourth-order valence-corrected chi connectivity index (χ4v) is 6.53. The number of amides is 1. The standard InChI is InChI=1S/C37H46F3N5O5/c1-42(35(46)29-23-32(47-2)34(49-4)33(24-29)48-3)25-28(27-11-6-5-7-12-27)15-18-43-16-10-17-44(20-19-43)36-41-30-13-8-9-14-31(30)45(36)21-22-50-26-37(38,39)40/h5-9,11-14,23-24,28H,10,15-22,25-26H2,1-4H3. The van der Waals surface area contributed by atoms with E-state index in [0.29, 0.717) is 29.4 Å². The SMILES string of the molecule is COc1cc(C(=O)N(C)CC(CCN2CCCN(c3nc4ccccc4n3CCOCC(F)(F)F)CC2)c2ccccc2)cc(OC)c1OC. The van der Waals surface area contributed by atoms with Gasteiger partial charge in [0.1, 0.15) is 6.61 Å². The van der Waals surface area contributed by atoms with E-state index in [1.807, 2.05) is 54.1 Å². The summed E-state index contributed by atoms with van der Waals surface area (Å²) in [4.78, 5) is 25.0. The van der Waals surface area contributed by atoms with Gasteiger partial charge >= 0.3 is 6.18 Å². The predicted molar refractivity (Wildman–Crippen MR) is 187 cm³/mol. The molecule has 270 valence electrons. The molecule has 1 unspecified atom stereocenters. The molecule has 1 amide bonds. The molecule has 10 nitrogen and oxygen atoms in total. The zero-order valence-corrected chi connectivity index (χ0v) is 29.1. The molecule has 1 aliphatic heterocycles. The molecule has 13 heteroatoms. The fourth-order valence-electron chi connectivity index (χ4n) is 6.53. The van der Waals surface area contributed by atoms with E-state index >= 15 is 0 Å². The summed E-state index contributed by atoms with van der Waals surface area (Å²) in [6.07, 6.45) is -2.62. The smallest absolute Gasteiger partial charge is 0.411 e. The zero-order chi connectivity index (χ0) is 35.7. The number of hydrogen-bond acceptors (Lipinski definition) is 8. The van der Waals surface area contributed by atoms with Crippen LogP contribution in [0.15, 0.2) is 66.7 Å². The maximum absolute atomic E-state index is 13.7. The van der Waals surface area contributed by atoms with Crippen LogP contribution in [0.1, 0.15) is 34.7 Å². The molecule has 1 aromatic heterocycles. The lowest BCUT2D eigenvalue weighted by atomic mass is 9.94. The summed E-state index contributed by atoms with van der Waals surface area (Å²) in [5.74, 6) is 1.96. The van der Waals surface area contributed by atoms with Crippen molar-refractivity contribution in [3.63, 3.8) is 0 Å². The molecule has 0 aliphatic carbocycles. The molecule has 1 fully saturated rings. The highest BCUT2D eigenvalue weighted by Gasteiger charge is 2.28. The number of hydrogen-bond donors (Lipinski definition) is 0. The maximum Gasteiger partial charge on any atom is 0.411 e. The topological polar surface area (TPSA) is 81.5 Å². The van der Waals surface area contributed by atoms with Gasteiger partial charge in [-0.15, -0.1) is 0 Å². The summed E-state index contributed by atoms with van der Waals surface area (Å²) < 4.78 is 61.4. The average Bonchev–Trinajstić information content (AvgIpc) is 3.32. The van der Waals surface area contributed by atoms with Crippen LogP contribution in [-0.4, -0.2) is 112 Å². The lowest BCUT2D eigenvalue weighted by Gasteiger charge is -2.28. The molecular formula is C37H46F3N5O5. The molecule has 1 aliphatic rings. The van der Waals surface area contributed by atoms with Crippen molar-refractivity contribution >= 4 is 22.9 Å². The number of imidazole rings is 1. The van der Waals surface area contributed by atoms with Crippen molar-refractivity contribution in [2.24, 2.45) is 0 Å². The zero-order valence-electron chi connectivity index (χ0n) is 29.1. The molecule has 50 heavy (non-hydrogen) atoms. The molecule has 1 saturated heterocycles. The molecule has 0 spiro atoms. The van der Waals surface area contributed by atoms with E-state index in [4.69, 9.17) is 23.9 Å². The minimum absolute atomic E-state index is 0.0653. The van der Waals surface area contributed by atoms with Crippen LogP contribution in [-0.2, 0) is 11.3 Å². The third kappa shape index (κ3) is 9.19. The van der Waals surface area contributed by atoms with Crippen LogP contribution >= 0.6 is 0 Å². The van der Waals surface area contributed by atoms with Gasteiger partial charge in [-0.2, -0.15) is 13.2 Å². The largest absolute Gasteiger partial charge is 0.493 e. The minimum Gasteiger partial charge on any atom is -0.493 e. The van der Waals surface area contributed by atoms with E-state index in [2.05, 4.69) is 21.9 Å². The number of ether oxygens (including phenoxy) is 4. The van der Waals surface area contributed by atoms with Crippen LogP contribution in [0.5, 0.6) is 17.2 Å². The monoisotopic (exact) mass is 697 g/mol. The van der Waals surface area contributed by atoms with Gasteiger partial charge < -0.3 is 38.2 Å². The fraction of sp³-hybridized carbons (Fsp3) is 0.459. The van der Waals surface area contributed by atoms with Gasteiger partial charge in [-0.05, 0) is 55.8 Å². The van der Waals surface area contributed by atoms with E-state index in [0.717, 1.165) is 68.1 Å². The number of likely N-dealkylation sites (N-methyl/N-ethyl adjacent to an activating group) is 1. The van der Waals surface area contributed by atoms with Gasteiger partial charge in [0.15, 0.2) is 11.5 Å². The van der Waals surface area contributed by atoms with Crippen molar-refractivity contribution in [1.29, 1.82) is 0 Å². The number of alkyl halides is 3. The first-order valence-corrected chi connectivity index (χ1v) is 16.8. The Balaban J connectivity index is 1.25. The van der Waals surface area contributed by atoms with E-state index in [1.165, 1.54) is 21.3 Å². The quantitative estimate of drug-likeness (QED) is 0.138. The lowest BCUT2D eigenvalue weighted by molar-refractivity contribution is -0.174. The second-order valence-corrected chi connectivity index (χ2v) is 12.4. The first-order valence-electron chi connectivity index (χ1n) is 16.8. The molecule has 1 atom stereocenters. The molecular weight excluding hydrogens is 651 g/mol. The Morgan fingerprint density at radius 3 is 2.28 bits per heavy atom. The second kappa shape index (κ2) is 16.9. The number of benzene rings is 3. The summed E-state index contributed by atoms with van der Waals surface area (Å²) in [6.45, 7) is 3.48. The highest BCUT2D eigenvalue weighted by Crippen LogP contribution is 2.38. The molecule has 0 saturated carbocycles. The summed E-state index contributed by atoms with van der Waals surface area (Å²) in [5, 5.41) is 0. The Bertz CT molecular complexity index is 1680. The number of aromatic nitrogens is 2. The minimum atomic E-state index is -4.36. The van der Waals surface area contributed by atoms with Crippen molar-refractivity contribution < 1.29 is 36.9 Å². The third-order valence-electron chi connectivity index (χ3n) is 9.05. The summed E-state index contributed by atoms with van der Waals surface area (Å²) in [5.41, 5.74) is 3.28. The van der Waals surface area contributed by atoms with Crippen molar-refractivity contribution in [3.8, 4) is 17.2 Å². The number of nitrogens with zero attached hydrogens (tertiary/aromatic N) is 5. The molecule has 3 aromatic carbocycles. The average molecular weight is 698 g/mol. The number of carbonyl (C=O) groups excluding carboxylic acids is 1. The van der Waals surface area contributed by atoms with Crippen LogP contribution in [0.25, 0.3) is 11.0 Å². The van der Waals surface area contributed by atoms with E-state index < -0.39 is 12.8 Å². The Morgan fingerprint density at radius 1 is 0.900 bits per heavy atom. The summed E-state index contributed by atoms with van der Waals surface area (Å²) >= 11 is 0. The van der Waals surface area contributed by atoms with Crippen molar-refractivity contribution in [2.75, 3.05) is 85.8 Å². The van der Waals surface area contributed by atoms with Gasteiger partial charge in [0.2, 0.25) is 11.7 Å². The van der Waals surface area contributed by atoms with Gasteiger partial charge in [0, 0.05) is 51.3 Å². The Hall–Kier alpha value is -4.49. The second-order valence-electron chi connectivity index (χ2n) is 12.4. The number of methoxy groups -OCH3 is 3. The Kier molecular flexibility index (Phi) is 12.5. The first-order chi connectivity index (χ1) is 24.1. The normalized spacial score (nSPS) is 14.7. The number of halogens is 3. The molecule has 2 heterocycles. The highest BCUT2D eigenvalue weighted by molar-refractivity contribution is 5.95. The number of fused-ring (bicyclic) bond motifs is 1. The van der Waals surface area contributed by atoms with Gasteiger partial charge in [0.05, 0.1) is 39.0 Å². The molecule has 5 rings (SSSR count). The lowest BCUT2D eigenvalue weighted by Crippen LogP contribution is -2.35. The predicted octanol–water partition coefficient (Wildman–Crippen LogP) is 6.10. The third-order valence-corrected chi connectivity index (χ3v) is 9.05. The van der Waals surface area contributed by atoms with Crippen molar-refractivity contribution in [3.05, 3.63) is 77.9 Å².